The van der Waals surface area contributed by atoms with Crippen molar-refractivity contribution in [3.63, 3.8) is 0 Å². The van der Waals surface area contributed by atoms with Crippen LogP contribution in [0.5, 0.6) is 5.75 Å². The van der Waals surface area contributed by atoms with Gasteiger partial charge in [0.1, 0.15) is 11.6 Å². The predicted octanol–water partition coefficient (Wildman–Crippen LogP) is 3.16. The molecule has 0 bridgehead atoms. The van der Waals surface area contributed by atoms with E-state index in [1.165, 1.54) is 16.8 Å². The van der Waals surface area contributed by atoms with E-state index in [0.717, 1.165) is 69.7 Å². The number of pyridine rings is 1. The van der Waals surface area contributed by atoms with Crippen molar-refractivity contribution in [3.8, 4) is 5.75 Å². The fourth-order valence-corrected chi connectivity index (χ4v) is 4.44. The van der Waals surface area contributed by atoms with Gasteiger partial charge in [-0.05, 0) is 36.8 Å². The number of anilines is 2. The van der Waals surface area contributed by atoms with E-state index in [1.807, 2.05) is 31.5 Å². The second kappa shape index (κ2) is 9.53. The molecule has 0 amide bonds. The van der Waals surface area contributed by atoms with Gasteiger partial charge in [-0.3, -0.25) is 4.90 Å². The largest absolute Gasteiger partial charge is 0.494 e. The van der Waals surface area contributed by atoms with E-state index in [-0.39, 0.29) is 0 Å². The Kier molecular flexibility index (Phi) is 6.16. The van der Waals surface area contributed by atoms with Crippen LogP contribution in [0.2, 0.25) is 0 Å². The van der Waals surface area contributed by atoms with E-state index in [2.05, 4.69) is 50.0 Å². The molecule has 0 radical (unpaired) electrons. The van der Waals surface area contributed by atoms with Crippen molar-refractivity contribution >= 4 is 11.8 Å². The van der Waals surface area contributed by atoms with Crippen molar-refractivity contribution in [2.45, 2.75) is 26.4 Å². The summed E-state index contributed by atoms with van der Waals surface area (Å²) in [5.74, 6) is 2.84. The topological polar surface area (TPSA) is 57.6 Å². The Morgan fingerprint density at radius 3 is 2.47 bits per heavy atom. The highest BCUT2D eigenvalue weighted by molar-refractivity contribution is 5.42. The van der Waals surface area contributed by atoms with Gasteiger partial charge in [-0.25, -0.2) is 15.0 Å². The highest BCUT2D eigenvalue weighted by Crippen LogP contribution is 2.23. The number of hydrogen-bond donors (Lipinski definition) is 0. The summed E-state index contributed by atoms with van der Waals surface area (Å²) in [6.45, 7) is 9.27. The average molecular weight is 431 g/mol. The molecule has 0 saturated carbocycles. The minimum atomic E-state index is 0.699. The van der Waals surface area contributed by atoms with Crippen LogP contribution in [0.25, 0.3) is 0 Å². The first-order chi connectivity index (χ1) is 15.8. The van der Waals surface area contributed by atoms with Gasteiger partial charge in [0.25, 0.3) is 0 Å². The molecule has 2 aliphatic heterocycles. The Balaban J connectivity index is 1.18. The van der Waals surface area contributed by atoms with Crippen LogP contribution in [0.4, 0.5) is 11.8 Å². The summed E-state index contributed by atoms with van der Waals surface area (Å²) in [5.41, 5.74) is 3.75. The smallest absolute Gasteiger partial charge is 0.225 e. The quantitative estimate of drug-likeness (QED) is 0.595. The molecule has 0 N–H and O–H groups in total. The van der Waals surface area contributed by atoms with Crippen LogP contribution < -0.4 is 14.5 Å². The van der Waals surface area contributed by atoms with Crippen LogP contribution in [0, 0.1) is 0 Å². The molecule has 7 nitrogen and oxygen atoms in total. The zero-order chi connectivity index (χ0) is 21.8. The maximum absolute atomic E-state index is 5.55. The van der Waals surface area contributed by atoms with Crippen LogP contribution in [-0.2, 0) is 19.5 Å². The number of fused-ring (bicyclic) bond motifs is 1. The lowest BCUT2D eigenvalue weighted by Crippen LogP contribution is -2.47. The first kappa shape index (κ1) is 20.7. The Hall–Kier alpha value is -3.19. The molecule has 0 atom stereocenters. The lowest BCUT2D eigenvalue weighted by atomic mass is 10.1. The Bertz CT molecular complexity index is 1020. The summed E-state index contributed by atoms with van der Waals surface area (Å²) in [6.07, 6.45) is 4.86. The van der Waals surface area contributed by atoms with E-state index >= 15 is 0 Å². The zero-order valence-corrected chi connectivity index (χ0v) is 18.7. The molecule has 2 aromatic heterocycles. The molecule has 0 aliphatic carbocycles. The van der Waals surface area contributed by atoms with Gasteiger partial charge in [0.05, 0.1) is 12.3 Å². The summed E-state index contributed by atoms with van der Waals surface area (Å²) in [5, 5.41) is 0. The van der Waals surface area contributed by atoms with Crippen LogP contribution >= 0.6 is 0 Å². The molecule has 0 unspecified atom stereocenters. The molecule has 1 saturated heterocycles. The summed E-state index contributed by atoms with van der Waals surface area (Å²) in [7, 11) is 0. The average Bonchev–Trinajstić information content (AvgIpc) is 2.86. The number of aromatic nitrogens is 3. The lowest BCUT2D eigenvalue weighted by Gasteiger charge is -2.36. The van der Waals surface area contributed by atoms with Crippen LogP contribution in [0.15, 0.2) is 54.9 Å². The third-order valence-electron chi connectivity index (χ3n) is 6.18. The Morgan fingerprint density at radius 1 is 0.906 bits per heavy atom. The van der Waals surface area contributed by atoms with Crippen LogP contribution in [0.1, 0.15) is 23.7 Å². The minimum absolute atomic E-state index is 0.699. The third kappa shape index (κ3) is 4.67. The molecular weight excluding hydrogens is 400 g/mol. The summed E-state index contributed by atoms with van der Waals surface area (Å²) in [6, 6.07) is 14.5. The summed E-state index contributed by atoms with van der Waals surface area (Å²) >= 11 is 0. The molecule has 7 heteroatoms. The number of rotatable bonds is 6. The van der Waals surface area contributed by atoms with Crippen molar-refractivity contribution in [2.24, 2.45) is 0 Å². The van der Waals surface area contributed by atoms with Crippen molar-refractivity contribution in [1.82, 2.24) is 19.9 Å². The van der Waals surface area contributed by atoms with Crippen LogP contribution in [0.3, 0.4) is 0 Å². The summed E-state index contributed by atoms with van der Waals surface area (Å²) < 4.78 is 5.55. The second-order valence-electron chi connectivity index (χ2n) is 8.34. The molecular formula is C25H30N6O. The molecule has 1 fully saturated rings. The molecule has 4 heterocycles. The van der Waals surface area contributed by atoms with Crippen molar-refractivity contribution in [3.05, 3.63) is 71.7 Å². The fourth-order valence-electron chi connectivity index (χ4n) is 4.44. The van der Waals surface area contributed by atoms with Gasteiger partial charge in [-0.15, -0.1) is 0 Å². The van der Waals surface area contributed by atoms with E-state index in [1.54, 1.807) is 0 Å². The van der Waals surface area contributed by atoms with Crippen LogP contribution in [-0.4, -0.2) is 59.2 Å². The van der Waals surface area contributed by atoms with Gasteiger partial charge in [0, 0.05) is 70.2 Å². The van der Waals surface area contributed by atoms with Crippen molar-refractivity contribution < 1.29 is 4.74 Å². The molecule has 1 aromatic carbocycles. The zero-order valence-electron chi connectivity index (χ0n) is 18.7. The van der Waals surface area contributed by atoms with Gasteiger partial charge in [-0.1, -0.05) is 18.2 Å². The van der Waals surface area contributed by atoms with Gasteiger partial charge in [-0.2, -0.15) is 0 Å². The summed E-state index contributed by atoms with van der Waals surface area (Å²) in [4.78, 5) is 21.2. The molecule has 3 aromatic rings. The third-order valence-corrected chi connectivity index (χ3v) is 6.18. The number of nitrogens with zero attached hydrogens (tertiary/aromatic N) is 6. The number of ether oxygens (including phenoxy) is 1. The number of benzene rings is 1. The van der Waals surface area contributed by atoms with Crippen molar-refractivity contribution in [2.75, 3.05) is 49.1 Å². The second-order valence-corrected chi connectivity index (χ2v) is 8.34. The van der Waals surface area contributed by atoms with E-state index in [0.29, 0.717) is 6.61 Å². The number of hydrogen-bond acceptors (Lipinski definition) is 7. The fraction of sp³-hybridized carbons (Fsp3) is 0.400. The minimum Gasteiger partial charge on any atom is -0.494 e. The first-order valence-electron chi connectivity index (χ1n) is 11.5. The Morgan fingerprint density at radius 2 is 1.72 bits per heavy atom. The number of piperazine rings is 1. The maximum Gasteiger partial charge on any atom is 0.225 e. The molecule has 5 rings (SSSR count). The van der Waals surface area contributed by atoms with E-state index < -0.39 is 0 Å². The van der Waals surface area contributed by atoms with Crippen molar-refractivity contribution in [1.29, 1.82) is 0 Å². The lowest BCUT2D eigenvalue weighted by molar-refractivity contribution is 0.242. The van der Waals surface area contributed by atoms with Gasteiger partial charge in [0.15, 0.2) is 0 Å². The van der Waals surface area contributed by atoms with Gasteiger partial charge < -0.3 is 14.5 Å². The molecule has 2 aliphatic rings. The van der Waals surface area contributed by atoms with E-state index in [9.17, 15) is 0 Å². The SMILES string of the molecule is CCOc1ccc(CN2CCc3nc(N4CCN(c5ccccn5)CC4)ncc3C2)cc1. The van der Waals surface area contributed by atoms with Gasteiger partial charge >= 0.3 is 0 Å². The standard InChI is InChI=1S/C25H30N6O/c1-2-32-22-8-6-20(7-9-22)18-29-12-10-23-21(19-29)17-27-25(28-23)31-15-13-30(14-16-31)24-5-3-4-11-26-24/h3-9,11,17H,2,10,12-16,18-19H2,1H3. The van der Waals surface area contributed by atoms with Gasteiger partial charge in [0.2, 0.25) is 5.95 Å². The van der Waals surface area contributed by atoms with E-state index in [4.69, 9.17) is 14.7 Å². The molecule has 32 heavy (non-hydrogen) atoms. The maximum atomic E-state index is 5.55. The highest BCUT2D eigenvalue weighted by Gasteiger charge is 2.23. The Labute approximate surface area is 189 Å². The molecule has 166 valence electrons. The molecule has 0 spiro atoms. The first-order valence-corrected chi connectivity index (χ1v) is 11.5. The predicted molar refractivity (Wildman–Crippen MR) is 126 cm³/mol. The highest BCUT2D eigenvalue weighted by atomic mass is 16.5. The normalized spacial score (nSPS) is 16.7. The monoisotopic (exact) mass is 430 g/mol.